The highest BCUT2D eigenvalue weighted by molar-refractivity contribution is 7.89. The molecule has 3 rings (SSSR count). The van der Waals surface area contributed by atoms with Gasteiger partial charge in [0.1, 0.15) is 0 Å². The Morgan fingerprint density at radius 1 is 1.10 bits per heavy atom. The van der Waals surface area contributed by atoms with Crippen LogP contribution in [0.15, 0.2) is 0 Å². The van der Waals surface area contributed by atoms with E-state index in [-0.39, 0.29) is 11.8 Å². The molecule has 1 N–H and O–H groups in total. The van der Waals surface area contributed by atoms with Crippen LogP contribution in [0.4, 0.5) is 0 Å². The van der Waals surface area contributed by atoms with Gasteiger partial charge in [-0.3, -0.25) is 4.90 Å². The van der Waals surface area contributed by atoms with Crippen molar-refractivity contribution in [3.8, 4) is 0 Å². The lowest BCUT2D eigenvalue weighted by Crippen LogP contribution is -2.46. The summed E-state index contributed by atoms with van der Waals surface area (Å²) >= 11 is 0. The van der Waals surface area contributed by atoms with Gasteiger partial charge in [0.15, 0.2) is 0 Å². The van der Waals surface area contributed by atoms with Gasteiger partial charge in [-0.05, 0) is 45.7 Å². The molecule has 2 bridgehead atoms. The maximum Gasteiger partial charge on any atom is 0.215 e. The van der Waals surface area contributed by atoms with Crippen LogP contribution >= 0.6 is 0 Å². The zero-order chi connectivity index (χ0) is 14.2. The molecule has 0 saturated carbocycles. The van der Waals surface area contributed by atoms with Crippen LogP contribution in [0.3, 0.4) is 0 Å². The Hall–Kier alpha value is -0.170. The number of rotatable bonds is 3. The normalized spacial score (nSPS) is 37.0. The summed E-state index contributed by atoms with van der Waals surface area (Å²) < 4.78 is 27.1. The number of nitrogens with one attached hydrogen (secondary N) is 1. The first-order valence-corrected chi connectivity index (χ1v) is 9.60. The van der Waals surface area contributed by atoms with E-state index >= 15 is 0 Å². The van der Waals surface area contributed by atoms with Gasteiger partial charge in [0, 0.05) is 31.2 Å². The van der Waals surface area contributed by atoms with Gasteiger partial charge < -0.3 is 5.32 Å². The molecule has 6 heteroatoms. The highest BCUT2D eigenvalue weighted by Crippen LogP contribution is 2.29. The average Bonchev–Trinajstić information content (AvgIpc) is 2.63. The van der Waals surface area contributed by atoms with E-state index in [1.165, 1.54) is 12.8 Å². The van der Waals surface area contributed by atoms with Crippen molar-refractivity contribution >= 4 is 10.0 Å². The summed E-state index contributed by atoms with van der Waals surface area (Å²) in [5.41, 5.74) is 0. The van der Waals surface area contributed by atoms with Gasteiger partial charge >= 0.3 is 0 Å². The molecule has 0 radical (unpaired) electrons. The second kappa shape index (κ2) is 5.91. The van der Waals surface area contributed by atoms with Gasteiger partial charge in [0.25, 0.3) is 0 Å². The molecule has 3 aliphatic heterocycles. The highest BCUT2D eigenvalue weighted by Gasteiger charge is 2.38. The van der Waals surface area contributed by atoms with Crippen LogP contribution in [-0.2, 0) is 10.0 Å². The van der Waals surface area contributed by atoms with E-state index < -0.39 is 10.0 Å². The highest BCUT2D eigenvalue weighted by atomic mass is 32.2. The van der Waals surface area contributed by atoms with Crippen molar-refractivity contribution in [3.05, 3.63) is 0 Å². The Bertz CT molecular complexity index is 434. The van der Waals surface area contributed by atoms with Crippen molar-refractivity contribution < 1.29 is 8.42 Å². The van der Waals surface area contributed by atoms with Gasteiger partial charge in [-0.1, -0.05) is 6.42 Å². The van der Waals surface area contributed by atoms with Crippen molar-refractivity contribution in [3.63, 3.8) is 0 Å². The van der Waals surface area contributed by atoms with Crippen LogP contribution in [0.2, 0.25) is 0 Å². The fourth-order valence-corrected chi connectivity index (χ4v) is 5.74. The van der Waals surface area contributed by atoms with E-state index in [9.17, 15) is 8.42 Å². The molecule has 3 atom stereocenters. The number of sulfonamides is 1. The zero-order valence-electron chi connectivity index (χ0n) is 12.4. The number of fused-ring (bicyclic) bond motifs is 2. The summed E-state index contributed by atoms with van der Waals surface area (Å²) in [6.07, 6.45) is 6.70. The minimum absolute atomic E-state index is 0.159. The van der Waals surface area contributed by atoms with E-state index in [1.807, 2.05) is 0 Å². The number of piperidine rings is 1. The minimum Gasteiger partial charge on any atom is -0.313 e. The molecule has 0 amide bonds. The van der Waals surface area contributed by atoms with E-state index in [0.29, 0.717) is 25.2 Å². The van der Waals surface area contributed by atoms with Crippen molar-refractivity contribution in [1.82, 2.24) is 14.5 Å². The predicted octanol–water partition coefficient (Wildman–Crippen LogP) is 0.627. The molecular weight excluding hydrogens is 274 g/mol. The lowest BCUT2D eigenvalue weighted by Gasteiger charge is -2.29. The SMILES string of the molecule is CN1C2CCC1CN(S(=O)(=O)CC1CCCCN1)CC2. The van der Waals surface area contributed by atoms with Gasteiger partial charge in [0.05, 0.1) is 5.75 Å². The lowest BCUT2D eigenvalue weighted by atomic mass is 10.1. The second-order valence-corrected chi connectivity index (χ2v) is 8.64. The number of hydrogen-bond donors (Lipinski definition) is 1. The van der Waals surface area contributed by atoms with Crippen LogP contribution in [-0.4, -0.2) is 68.2 Å². The summed E-state index contributed by atoms with van der Waals surface area (Å²) in [6.45, 7) is 2.37. The van der Waals surface area contributed by atoms with Gasteiger partial charge in [-0.15, -0.1) is 0 Å². The Labute approximate surface area is 122 Å². The molecule has 20 heavy (non-hydrogen) atoms. The van der Waals surface area contributed by atoms with Gasteiger partial charge in [-0.25, -0.2) is 12.7 Å². The van der Waals surface area contributed by atoms with Crippen molar-refractivity contribution in [2.45, 2.75) is 56.7 Å². The fraction of sp³-hybridized carbons (Fsp3) is 1.00. The molecule has 3 saturated heterocycles. The van der Waals surface area contributed by atoms with Crippen molar-refractivity contribution in [2.75, 3.05) is 32.4 Å². The maximum absolute atomic E-state index is 12.7. The average molecular weight is 301 g/mol. The zero-order valence-corrected chi connectivity index (χ0v) is 13.2. The number of hydrogen-bond acceptors (Lipinski definition) is 4. The summed E-state index contributed by atoms with van der Waals surface area (Å²) in [5, 5.41) is 3.36. The van der Waals surface area contributed by atoms with Gasteiger partial charge in [0.2, 0.25) is 10.0 Å². The minimum atomic E-state index is -3.11. The molecule has 3 aliphatic rings. The summed E-state index contributed by atoms with van der Waals surface area (Å²) in [4.78, 5) is 2.40. The molecule has 3 fully saturated rings. The third-order valence-corrected chi connectivity index (χ3v) is 7.27. The molecule has 3 heterocycles. The van der Waals surface area contributed by atoms with Crippen molar-refractivity contribution in [1.29, 1.82) is 0 Å². The lowest BCUT2D eigenvalue weighted by molar-refractivity contribution is 0.246. The molecule has 0 aromatic carbocycles. The number of nitrogens with zero attached hydrogens (tertiary/aromatic N) is 2. The summed E-state index contributed by atoms with van der Waals surface area (Å²) in [7, 11) is -0.954. The molecule has 0 aromatic rings. The van der Waals surface area contributed by atoms with Crippen LogP contribution < -0.4 is 5.32 Å². The van der Waals surface area contributed by atoms with E-state index in [2.05, 4.69) is 17.3 Å². The summed E-state index contributed by atoms with van der Waals surface area (Å²) in [6, 6.07) is 1.18. The Kier molecular flexibility index (Phi) is 4.36. The predicted molar refractivity (Wildman–Crippen MR) is 80.2 cm³/mol. The quantitative estimate of drug-likeness (QED) is 0.830. The first kappa shape index (κ1) is 14.8. The molecular formula is C14H27N3O2S. The van der Waals surface area contributed by atoms with Crippen LogP contribution in [0.5, 0.6) is 0 Å². The Balaban J connectivity index is 1.65. The first-order valence-electron chi connectivity index (χ1n) is 7.99. The largest absolute Gasteiger partial charge is 0.313 e. The second-order valence-electron chi connectivity index (χ2n) is 6.62. The van der Waals surface area contributed by atoms with Crippen molar-refractivity contribution in [2.24, 2.45) is 0 Å². The number of likely N-dealkylation sites (N-methyl/N-ethyl adjacent to an activating group) is 1. The Morgan fingerprint density at radius 3 is 2.65 bits per heavy atom. The van der Waals surface area contributed by atoms with Crippen LogP contribution in [0.1, 0.15) is 38.5 Å². The van der Waals surface area contributed by atoms with E-state index in [1.54, 1.807) is 4.31 Å². The Morgan fingerprint density at radius 2 is 1.90 bits per heavy atom. The molecule has 0 aliphatic carbocycles. The molecule has 0 aromatic heterocycles. The third-order valence-electron chi connectivity index (χ3n) is 5.33. The van der Waals surface area contributed by atoms with E-state index in [0.717, 1.165) is 32.2 Å². The summed E-state index contributed by atoms with van der Waals surface area (Å²) in [5.74, 6) is 0.286. The fourth-order valence-electron chi connectivity index (χ4n) is 3.96. The van der Waals surface area contributed by atoms with Crippen LogP contribution in [0, 0.1) is 0 Å². The standard InChI is InChI=1S/C14H27N3O2S/c1-16-13-5-6-14(16)10-17(9-7-13)20(18,19)11-12-4-2-3-8-15-12/h12-15H,2-11H2,1H3. The monoisotopic (exact) mass is 301 g/mol. The third kappa shape index (κ3) is 3.03. The maximum atomic E-state index is 12.7. The topological polar surface area (TPSA) is 52.7 Å². The molecule has 3 unspecified atom stereocenters. The molecule has 0 spiro atoms. The molecule has 5 nitrogen and oxygen atoms in total. The van der Waals surface area contributed by atoms with Gasteiger partial charge in [-0.2, -0.15) is 0 Å². The molecule has 116 valence electrons. The smallest absolute Gasteiger partial charge is 0.215 e. The first-order chi connectivity index (χ1) is 9.56. The van der Waals surface area contributed by atoms with E-state index in [4.69, 9.17) is 0 Å². The van der Waals surface area contributed by atoms with Crippen LogP contribution in [0.25, 0.3) is 0 Å².